The van der Waals surface area contributed by atoms with Crippen molar-refractivity contribution in [3.63, 3.8) is 0 Å². The number of likely N-dealkylation sites (tertiary alicyclic amines) is 1. The predicted octanol–water partition coefficient (Wildman–Crippen LogP) is 2.80. The Hall–Kier alpha value is -2.63. The predicted molar refractivity (Wildman–Crippen MR) is 106 cm³/mol. The van der Waals surface area contributed by atoms with E-state index in [0.717, 1.165) is 69.1 Å². The Balaban J connectivity index is 1.39. The number of hydrogen-bond donors (Lipinski definition) is 0. The van der Waals surface area contributed by atoms with E-state index in [1.54, 1.807) is 6.33 Å². The molecule has 5 rings (SSSR count). The molecule has 1 amide bonds. The van der Waals surface area contributed by atoms with Crippen molar-refractivity contribution in [2.75, 3.05) is 31.1 Å². The number of piperidine rings is 1. The fourth-order valence-corrected chi connectivity index (χ4v) is 4.76. The highest BCUT2D eigenvalue weighted by molar-refractivity contribution is 5.78. The van der Waals surface area contributed by atoms with E-state index in [4.69, 9.17) is 9.72 Å². The van der Waals surface area contributed by atoms with Gasteiger partial charge in [-0.15, -0.1) is 0 Å². The minimum atomic E-state index is 0.321. The van der Waals surface area contributed by atoms with Crippen molar-refractivity contribution < 1.29 is 9.53 Å². The number of carbonyl (C=O) groups excluding carboxylic acids is 1. The highest BCUT2D eigenvalue weighted by Crippen LogP contribution is 2.33. The molecule has 0 spiro atoms. The van der Waals surface area contributed by atoms with Crippen molar-refractivity contribution in [2.45, 2.75) is 38.7 Å². The number of benzene rings is 1. The van der Waals surface area contributed by atoms with Crippen LogP contribution in [0.3, 0.4) is 0 Å². The van der Waals surface area contributed by atoms with Gasteiger partial charge in [0, 0.05) is 44.6 Å². The highest BCUT2D eigenvalue weighted by atomic mass is 16.5. The van der Waals surface area contributed by atoms with E-state index in [2.05, 4.69) is 26.9 Å². The number of anilines is 1. The van der Waals surface area contributed by atoms with E-state index in [1.165, 1.54) is 17.5 Å². The highest BCUT2D eigenvalue weighted by Gasteiger charge is 2.29. The standard InChI is InChI=1S/C22H26N4O2/c27-21-8-4-9-25(21)12-16-5-3-10-26(13-16)22-18-11-17-6-1-2-7-20(17)28-14-19(18)23-15-24-22/h1-2,6-7,15-16H,3-5,8-14H2/t16-/m1/s1. The molecular formula is C22H26N4O2. The van der Waals surface area contributed by atoms with Crippen LogP contribution in [0.25, 0.3) is 0 Å². The summed E-state index contributed by atoms with van der Waals surface area (Å²) in [6.45, 7) is 4.26. The van der Waals surface area contributed by atoms with Crippen LogP contribution in [-0.4, -0.2) is 47.0 Å². The van der Waals surface area contributed by atoms with Gasteiger partial charge in [0.2, 0.25) is 5.91 Å². The first-order chi connectivity index (χ1) is 13.8. The van der Waals surface area contributed by atoms with Gasteiger partial charge in [0.05, 0.1) is 5.69 Å². The molecule has 3 aliphatic heterocycles. The summed E-state index contributed by atoms with van der Waals surface area (Å²) in [5.74, 6) is 2.82. The lowest BCUT2D eigenvalue weighted by molar-refractivity contribution is -0.128. The second-order valence-electron chi connectivity index (χ2n) is 8.09. The smallest absolute Gasteiger partial charge is 0.222 e. The molecule has 4 heterocycles. The van der Waals surface area contributed by atoms with E-state index < -0.39 is 0 Å². The molecule has 0 bridgehead atoms. The zero-order chi connectivity index (χ0) is 18.9. The first-order valence-electron chi connectivity index (χ1n) is 10.3. The maximum atomic E-state index is 12.0. The van der Waals surface area contributed by atoms with Gasteiger partial charge in [-0.1, -0.05) is 18.2 Å². The molecule has 2 aromatic rings. The Bertz CT molecular complexity index is 885. The van der Waals surface area contributed by atoms with Crippen LogP contribution in [0.2, 0.25) is 0 Å². The number of para-hydroxylation sites is 1. The maximum absolute atomic E-state index is 12.0. The fraction of sp³-hybridized carbons (Fsp3) is 0.500. The number of amides is 1. The van der Waals surface area contributed by atoms with E-state index in [0.29, 0.717) is 18.4 Å². The van der Waals surface area contributed by atoms with Gasteiger partial charge >= 0.3 is 0 Å². The number of hydrogen-bond acceptors (Lipinski definition) is 5. The molecule has 0 saturated carbocycles. The molecular weight excluding hydrogens is 352 g/mol. The van der Waals surface area contributed by atoms with Crippen LogP contribution in [-0.2, 0) is 17.8 Å². The van der Waals surface area contributed by atoms with Crippen molar-refractivity contribution in [1.82, 2.24) is 14.9 Å². The molecule has 2 saturated heterocycles. The summed E-state index contributed by atoms with van der Waals surface area (Å²) < 4.78 is 5.99. The summed E-state index contributed by atoms with van der Waals surface area (Å²) in [6, 6.07) is 8.22. The summed E-state index contributed by atoms with van der Waals surface area (Å²) in [7, 11) is 0. The Morgan fingerprint density at radius 1 is 1.14 bits per heavy atom. The third kappa shape index (κ3) is 3.32. The van der Waals surface area contributed by atoms with E-state index in [-0.39, 0.29) is 0 Å². The number of ether oxygens (including phenoxy) is 1. The van der Waals surface area contributed by atoms with Gasteiger partial charge in [0.15, 0.2) is 0 Å². The van der Waals surface area contributed by atoms with Crippen LogP contribution in [0.15, 0.2) is 30.6 Å². The van der Waals surface area contributed by atoms with Crippen LogP contribution in [0.5, 0.6) is 5.75 Å². The molecule has 0 N–H and O–H groups in total. The van der Waals surface area contributed by atoms with Crippen molar-refractivity contribution in [2.24, 2.45) is 5.92 Å². The first kappa shape index (κ1) is 17.5. The Morgan fingerprint density at radius 2 is 2.07 bits per heavy atom. The topological polar surface area (TPSA) is 58.6 Å². The number of carbonyl (C=O) groups is 1. The normalized spacial score (nSPS) is 21.7. The summed E-state index contributed by atoms with van der Waals surface area (Å²) in [5.41, 5.74) is 3.36. The molecule has 0 unspecified atom stereocenters. The monoisotopic (exact) mass is 378 g/mol. The van der Waals surface area contributed by atoms with E-state index in [9.17, 15) is 4.79 Å². The molecule has 6 heteroatoms. The molecule has 6 nitrogen and oxygen atoms in total. The third-order valence-corrected chi connectivity index (χ3v) is 6.18. The van der Waals surface area contributed by atoms with Gasteiger partial charge in [-0.2, -0.15) is 0 Å². The molecule has 146 valence electrons. The number of rotatable bonds is 3. The van der Waals surface area contributed by atoms with Crippen molar-refractivity contribution >= 4 is 11.7 Å². The first-order valence-corrected chi connectivity index (χ1v) is 10.3. The van der Waals surface area contributed by atoms with Gasteiger partial charge in [-0.05, 0) is 36.8 Å². The minimum Gasteiger partial charge on any atom is -0.487 e. The van der Waals surface area contributed by atoms with Crippen molar-refractivity contribution in [1.29, 1.82) is 0 Å². The van der Waals surface area contributed by atoms with E-state index in [1.807, 2.05) is 12.1 Å². The zero-order valence-electron chi connectivity index (χ0n) is 16.1. The molecule has 1 aromatic heterocycles. The molecule has 0 aliphatic carbocycles. The maximum Gasteiger partial charge on any atom is 0.222 e. The van der Waals surface area contributed by atoms with Gasteiger partial charge in [-0.25, -0.2) is 9.97 Å². The van der Waals surface area contributed by atoms with Crippen LogP contribution in [0.4, 0.5) is 5.82 Å². The molecule has 1 aromatic carbocycles. The summed E-state index contributed by atoms with van der Waals surface area (Å²) in [6.07, 6.45) is 6.51. The Kier molecular flexibility index (Phi) is 4.63. The quantitative estimate of drug-likeness (QED) is 0.822. The lowest BCUT2D eigenvalue weighted by Crippen LogP contribution is -2.42. The second-order valence-corrected chi connectivity index (χ2v) is 8.09. The summed E-state index contributed by atoms with van der Waals surface area (Å²) in [4.78, 5) is 25.7. The molecule has 28 heavy (non-hydrogen) atoms. The van der Waals surface area contributed by atoms with Gasteiger partial charge in [-0.3, -0.25) is 4.79 Å². The average Bonchev–Trinajstić information content (AvgIpc) is 3.02. The lowest BCUT2D eigenvalue weighted by atomic mass is 9.96. The second kappa shape index (κ2) is 7.41. The Labute approximate surface area is 165 Å². The van der Waals surface area contributed by atoms with Crippen LogP contribution < -0.4 is 9.64 Å². The summed E-state index contributed by atoms with van der Waals surface area (Å²) >= 11 is 0. The van der Waals surface area contributed by atoms with Gasteiger partial charge in [0.1, 0.15) is 24.5 Å². The van der Waals surface area contributed by atoms with Crippen LogP contribution >= 0.6 is 0 Å². The fourth-order valence-electron chi connectivity index (χ4n) is 4.76. The average molecular weight is 378 g/mol. The zero-order valence-corrected chi connectivity index (χ0v) is 16.1. The largest absolute Gasteiger partial charge is 0.487 e. The molecule has 1 atom stereocenters. The number of aromatic nitrogens is 2. The SMILES string of the molecule is O=C1CCCN1C[C@H]1CCCN(c2ncnc3c2Cc2ccccc2OC3)C1. The number of nitrogens with zero attached hydrogens (tertiary/aromatic N) is 4. The van der Waals surface area contributed by atoms with E-state index >= 15 is 0 Å². The van der Waals surface area contributed by atoms with Gasteiger partial charge in [0.25, 0.3) is 0 Å². The number of fused-ring (bicyclic) bond motifs is 2. The van der Waals surface area contributed by atoms with Crippen LogP contribution in [0.1, 0.15) is 42.5 Å². The molecule has 3 aliphatic rings. The molecule has 0 radical (unpaired) electrons. The van der Waals surface area contributed by atoms with Crippen molar-refractivity contribution in [3.8, 4) is 5.75 Å². The van der Waals surface area contributed by atoms with Crippen LogP contribution in [0, 0.1) is 5.92 Å². The Morgan fingerprint density at radius 3 is 2.96 bits per heavy atom. The molecule has 2 fully saturated rings. The van der Waals surface area contributed by atoms with Crippen molar-refractivity contribution in [3.05, 3.63) is 47.4 Å². The third-order valence-electron chi connectivity index (χ3n) is 6.18. The lowest BCUT2D eigenvalue weighted by Gasteiger charge is -2.36. The minimum absolute atomic E-state index is 0.321. The van der Waals surface area contributed by atoms with Gasteiger partial charge < -0.3 is 14.5 Å². The summed E-state index contributed by atoms with van der Waals surface area (Å²) in [5, 5.41) is 0.